The van der Waals surface area contributed by atoms with Crippen LogP contribution >= 0.6 is 0 Å². The highest BCUT2D eigenvalue weighted by molar-refractivity contribution is 5.94. The molecule has 0 radical (unpaired) electrons. The maximum absolute atomic E-state index is 12.2. The third-order valence-electron chi connectivity index (χ3n) is 3.99. The zero-order chi connectivity index (χ0) is 17.7. The summed E-state index contributed by atoms with van der Waals surface area (Å²) in [5, 5.41) is 1.80. The Labute approximate surface area is 140 Å². The first-order chi connectivity index (χ1) is 11.2. The zero-order valence-electron chi connectivity index (χ0n) is 13.9. The lowest BCUT2D eigenvalue weighted by molar-refractivity contribution is -0.167. The van der Waals surface area contributed by atoms with Crippen LogP contribution in [-0.4, -0.2) is 43.2 Å². The number of amides is 1. The molecule has 1 saturated heterocycles. The van der Waals surface area contributed by atoms with Crippen molar-refractivity contribution in [1.29, 1.82) is 0 Å². The van der Waals surface area contributed by atoms with Crippen molar-refractivity contribution in [2.45, 2.75) is 26.4 Å². The van der Waals surface area contributed by atoms with Crippen LogP contribution in [0.15, 0.2) is 24.3 Å². The molecule has 4 nitrogen and oxygen atoms in total. The molecule has 1 heterocycles. The number of hydrogen-bond acceptors (Lipinski definition) is 3. The van der Waals surface area contributed by atoms with Crippen molar-refractivity contribution in [3.8, 4) is 5.75 Å². The van der Waals surface area contributed by atoms with Gasteiger partial charge < -0.3 is 10.1 Å². The smallest absolute Gasteiger partial charge is 0.471 e. The van der Waals surface area contributed by atoms with E-state index in [-0.39, 0.29) is 5.69 Å². The van der Waals surface area contributed by atoms with Gasteiger partial charge in [0.2, 0.25) is 0 Å². The number of anilines is 1. The number of halogens is 3. The second-order valence-electron chi connectivity index (χ2n) is 6.53. The molecular formula is C17H23F3N2O2. The lowest BCUT2D eigenvalue weighted by Crippen LogP contribution is -2.40. The molecule has 1 aromatic carbocycles. The van der Waals surface area contributed by atoms with Crippen molar-refractivity contribution in [1.82, 2.24) is 4.90 Å². The van der Waals surface area contributed by atoms with Crippen molar-refractivity contribution >= 4 is 11.6 Å². The number of carbonyl (C=O) groups excluding carboxylic acids is 1. The summed E-state index contributed by atoms with van der Waals surface area (Å²) in [4.78, 5) is 13.2. The molecule has 0 spiro atoms. The molecule has 24 heavy (non-hydrogen) atoms. The molecule has 2 atom stereocenters. The van der Waals surface area contributed by atoms with Crippen molar-refractivity contribution in [2.75, 3.05) is 31.6 Å². The predicted molar refractivity (Wildman–Crippen MR) is 86.0 cm³/mol. The van der Waals surface area contributed by atoms with Gasteiger partial charge in [-0.25, -0.2) is 0 Å². The van der Waals surface area contributed by atoms with Gasteiger partial charge in [-0.05, 0) is 42.5 Å². The number of hydrogen-bond donors (Lipinski definition) is 1. The largest absolute Gasteiger partial charge is 0.492 e. The van der Waals surface area contributed by atoms with Crippen LogP contribution in [0.25, 0.3) is 0 Å². The van der Waals surface area contributed by atoms with Crippen LogP contribution in [0.3, 0.4) is 0 Å². The monoisotopic (exact) mass is 344 g/mol. The molecule has 1 fully saturated rings. The van der Waals surface area contributed by atoms with Crippen LogP contribution < -0.4 is 10.1 Å². The van der Waals surface area contributed by atoms with E-state index in [1.165, 1.54) is 18.6 Å². The van der Waals surface area contributed by atoms with Crippen molar-refractivity contribution < 1.29 is 22.7 Å². The number of alkyl halides is 3. The Hall–Kier alpha value is -1.76. The molecule has 0 aliphatic carbocycles. The molecule has 0 unspecified atom stereocenters. The van der Waals surface area contributed by atoms with E-state index in [4.69, 9.17) is 4.74 Å². The number of carbonyl (C=O) groups is 1. The zero-order valence-corrected chi connectivity index (χ0v) is 13.9. The Morgan fingerprint density at radius 2 is 1.79 bits per heavy atom. The molecule has 7 heteroatoms. The molecule has 0 saturated carbocycles. The number of likely N-dealkylation sites (tertiary alicyclic amines) is 1. The first-order valence-corrected chi connectivity index (χ1v) is 8.07. The fourth-order valence-corrected chi connectivity index (χ4v) is 3.10. The molecule has 1 N–H and O–H groups in total. The van der Waals surface area contributed by atoms with Crippen LogP contribution in [0.4, 0.5) is 18.9 Å². The molecular weight excluding hydrogens is 321 g/mol. The summed E-state index contributed by atoms with van der Waals surface area (Å²) in [5.41, 5.74) is 0.0864. The van der Waals surface area contributed by atoms with E-state index >= 15 is 0 Å². The molecule has 1 amide bonds. The van der Waals surface area contributed by atoms with Crippen LogP contribution in [-0.2, 0) is 4.79 Å². The molecule has 2 rings (SSSR count). The summed E-state index contributed by atoms with van der Waals surface area (Å²) in [6.45, 7) is 7.97. The predicted octanol–water partition coefficient (Wildman–Crippen LogP) is 3.54. The second-order valence-corrected chi connectivity index (χ2v) is 6.53. The first-order valence-electron chi connectivity index (χ1n) is 8.07. The minimum atomic E-state index is -4.89. The minimum Gasteiger partial charge on any atom is -0.492 e. The summed E-state index contributed by atoms with van der Waals surface area (Å²) in [6.07, 6.45) is -3.64. The summed E-state index contributed by atoms with van der Waals surface area (Å²) < 4.78 is 42.1. The number of nitrogens with zero attached hydrogens (tertiary/aromatic N) is 1. The fraction of sp³-hybridized carbons (Fsp3) is 0.588. The first kappa shape index (κ1) is 18.6. The highest BCUT2D eigenvalue weighted by Gasteiger charge is 2.38. The Morgan fingerprint density at radius 3 is 2.33 bits per heavy atom. The van der Waals surface area contributed by atoms with Crippen LogP contribution in [0.2, 0.25) is 0 Å². The van der Waals surface area contributed by atoms with Crippen molar-refractivity contribution in [3.63, 3.8) is 0 Å². The van der Waals surface area contributed by atoms with Gasteiger partial charge in [0.1, 0.15) is 12.4 Å². The summed E-state index contributed by atoms with van der Waals surface area (Å²) >= 11 is 0. The van der Waals surface area contributed by atoms with Crippen LogP contribution in [0, 0.1) is 11.8 Å². The van der Waals surface area contributed by atoms with E-state index in [0.717, 1.165) is 19.6 Å². The van der Waals surface area contributed by atoms with Gasteiger partial charge in [-0.1, -0.05) is 13.8 Å². The molecule has 1 aromatic rings. The van der Waals surface area contributed by atoms with Gasteiger partial charge in [0.25, 0.3) is 0 Å². The maximum Gasteiger partial charge on any atom is 0.471 e. The molecule has 1 aliphatic heterocycles. The quantitative estimate of drug-likeness (QED) is 0.888. The van der Waals surface area contributed by atoms with Crippen molar-refractivity contribution in [2.24, 2.45) is 11.8 Å². The molecule has 1 aliphatic rings. The Kier molecular flexibility index (Phi) is 6.10. The normalized spacial score (nSPS) is 22.2. The van der Waals surface area contributed by atoms with Crippen LogP contribution in [0.5, 0.6) is 5.75 Å². The van der Waals surface area contributed by atoms with Gasteiger partial charge in [0.05, 0.1) is 0 Å². The Morgan fingerprint density at radius 1 is 1.21 bits per heavy atom. The SMILES string of the molecule is C[C@@H]1C[C@H](C)CN(CCOc2ccc(NC(=O)C(F)(F)F)cc2)C1. The summed E-state index contributed by atoms with van der Waals surface area (Å²) in [7, 11) is 0. The van der Waals surface area contributed by atoms with Crippen LogP contribution in [0.1, 0.15) is 20.3 Å². The molecule has 134 valence electrons. The van der Waals surface area contributed by atoms with Gasteiger partial charge in [-0.3, -0.25) is 9.69 Å². The van der Waals surface area contributed by atoms with E-state index in [2.05, 4.69) is 18.7 Å². The lowest BCUT2D eigenvalue weighted by Gasteiger charge is -2.34. The number of rotatable bonds is 5. The highest BCUT2D eigenvalue weighted by atomic mass is 19.4. The molecule has 0 bridgehead atoms. The standard InChI is InChI=1S/C17H23F3N2O2/c1-12-9-13(2)11-22(10-12)7-8-24-15-5-3-14(4-6-15)21-16(23)17(18,19)20/h3-6,12-13H,7-11H2,1-2H3,(H,21,23)/t12-,13+. The topological polar surface area (TPSA) is 41.6 Å². The third-order valence-corrected chi connectivity index (χ3v) is 3.99. The Balaban J connectivity index is 1.77. The lowest BCUT2D eigenvalue weighted by atomic mass is 9.92. The van der Waals surface area contributed by atoms with E-state index in [1.54, 1.807) is 17.4 Å². The van der Waals surface area contributed by atoms with Gasteiger partial charge in [-0.15, -0.1) is 0 Å². The Bertz CT molecular complexity index is 536. The van der Waals surface area contributed by atoms with Gasteiger partial charge in [-0.2, -0.15) is 13.2 Å². The summed E-state index contributed by atoms with van der Waals surface area (Å²) in [6, 6.07) is 5.88. The van der Waals surface area contributed by atoms with E-state index in [0.29, 0.717) is 24.2 Å². The second kappa shape index (κ2) is 7.88. The minimum absolute atomic E-state index is 0.0864. The fourth-order valence-electron chi connectivity index (χ4n) is 3.10. The number of nitrogens with one attached hydrogen (secondary N) is 1. The molecule has 0 aromatic heterocycles. The average Bonchev–Trinajstić information content (AvgIpc) is 2.47. The highest BCUT2D eigenvalue weighted by Crippen LogP contribution is 2.22. The van der Waals surface area contributed by atoms with E-state index in [1.807, 2.05) is 0 Å². The average molecular weight is 344 g/mol. The van der Waals surface area contributed by atoms with Crippen molar-refractivity contribution in [3.05, 3.63) is 24.3 Å². The van der Waals surface area contributed by atoms with Gasteiger partial charge >= 0.3 is 12.1 Å². The number of piperidine rings is 1. The van der Waals surface area contributed by atoms with Gasteiger partial charge in [0.15, 0.2) is 0 Å². The maximum atomic E-state index is 12.2. The number of benzene rings is 1. The van der Waals surface area contributed by atoms with E-state index in [9.17, 15) is 18.0 Å². The van der Waals surface area contributed by atoms with E-state index < -0.39 is 12.1 Å². The number of ether oxygens (including phenoxy) is 1. The summed E-state index contributed by atoms with van der Waals surface area (Å²) in [5.74, 6) is -0.0434. The third kappa shape index (κ3) is 5.70. The van der Waals surface area contributed by atoms with Gasteiger partial charge in [0, 0.05) is 25.3 Å².